The minimum absolute atomic E-state index is 0.448. The van der Waals surface area contributed by atoms with E-state index in [1.807, 2.05) is 6.20 Å². The van der Waals surface area contributed by atoms with Crippen molar-refractivity contribution in [1.82, 2.24) is 15.3 Å². The molecule has 0 unspecified atom stereocenters. The van der Waals surface area contributed by atoms with Crippen LogP contribution in [0.25, 0.3) is 20.8 Å². The Morgan fingerprint density at radius 1 is 1.32 bits per heavy atom. The SMILES string of the molecule is c1cc2ncc(-c3nc([C@@H]4CCCN4)cs3)cc2s1. The van der Waals surface area contributed by atoms with E-state index in [9.17, 15) is 0 Å². The Morgan fingerprint density at radius 3 is 3.21 bits per heavy atom. The number of pyridine rings is 1. The van der Waals surface area contributed by atoms with Crippen LogP contribution in [0.15, 0.2) is 29.1 Å². The Labute approximate surface area is 119 Å². The molecule has 5 heteroatoms. The molecule has 3 aromatic rings. The van der Waals surface area contributed by atoms with Crippen molar-refractivity contribution in [3.8, 4) is 10.6 Å². The maximum absolute atomic E-state index is 4.77. The zero-order chi connectivity index (χ0) is 12.7. The maximum Gasteiger partial charge on any atom is 0.125 e. The molecule has 0 saturated carbocycles. The van der Waals surface area contributed by atoms with Gasteiger partial charge in [0.1, 0.15) is 5.01 Å². The molecule has 0 aliphatic carbocycles. The van der Waals surface area contributed by atoms with E-state index >= 15 is 0 Å². The second kappa shape index (κ2) is 4.67. The summed E-state index contributed by atoms with van der Waals surface area (Å²) in [6, 6.07) is 4.69. The molecule has 1 atom stereocenters. The summed E-state index contributed by atoms with van der Waals surface area (Å²) in [5.74, 6) is 0. The number of aromatic nitrogens is 2. The number of nitrogens with one attached hydrogen (secondary N) is 1. The van der Waals surface area contributed by atoms with E-state index in [1.54, 1.807) is 22.7 Å². The molecule has 1 aliphatic rings. The van der Waals surface area contributed by atoms with Crippen LogP contribution < -0.4 is 5.32 Å². The Bertz CT molecular complexity index is 710. The van der Waals surface area contributed by atoms with Gasteiger partial charge in [0.15, 0.2) is 0 Å². The number of nitrogens with zero attached hydrogens (tertiary/aromatic N) is 2. The van der Waals surface area contributed by atoms with Gasteiger partial charge in [0, 0.05) is 17.1 Å². The van der Waals surface area contributed by atoms with E-state index in [-0.39, 0.29) is 0 Å². The Hall–Kier alpha value is -1.30. The van der Waals surface area contributed by atoms with Crippen LogP contribution >= 0.6 is 22.7 Å². The van der Waals surface area contributed by atoms with E-state index in [1.165, 1.54) is 23.2 Å². The topological polar surface area (TPSA) is 37.8 Å². The van der Waals surface area contributed by atoms with E-state index in [0.29, 0.717) is 6.04 Å². The summed E-state index contributed by atoms with van der Waals surface area (Å²) >= 11 is 3.44. The van der Waals surface area contributed by atoms with Crippen molar-refractivity contribution in [2.75, 3.05) is 6.54 Å². The lowest BCUT2D eigenvalue weighted by atomic mass is 10.2. The summed E-state index contributed by atoms with van der Waals surface area (Å²) in [6.07, 6.45) is 4.38. The lowest BCUT2D eigenvalue weighted by molar-refractivity contribution is 0.632. The highest BCUT2D eigenvalue weighted by atomic mass is 32.1. The predicted octanol–water partition coefficient (Wildman–Crippen LogP) is 3.84. The average molecular weight is 287 g/mol. The molecule has 1 N–H and O–H groups in total. The molecular formula is C14H13N3S2. The largest absolute Gasteiger partial charge is 0.309 e. The fourth-order valence-electron chi connectivity index (χ4n) is 2.48. The lowest BCUT2D eigenvalue weighted by Gasteiger charge is -2.04. The molecule has 1 aliphatic heterocycles. The molecule has 3 nitrogen and oxygen atoms in total. The van der Waals surface area contributed by atoms with Crippen LogP contribution in [0.3, 0.4) is 0 Å². The predicted molar refractivity (Wildman–Crippen MR) is 80.7 cm³/mol. The van der Waals surface area contributed by atoms with Crippen molar-refractivity contribution in [2.45, 2.75) is 18.9 Å². The fourth-order valence-corrected chi connectivity index (χ4v) is 4.11. The summed E-state index contributed by atoms with van der Waals surface area (Å²) in [4.78, 5) is 9.26. The third-order valence-electron chi connectivity index (χ3n) is 3.49. The third kappa shape index (κ3) is 2.08. The lowest BCUT2D eigenvalue weighted by Crippen LogP contribution is -2.12. The van der Waals surface area contributed by atoms with E-state index in [4.69, 9.17) is 4.98 Å². The van der Waals surface area contributed by atoms with Crippen molar-refractivity contribution in [2.24, 2.45) is 0 Å². The highest BCUT2D eigenvalue weighted by Gasteiger charge is 2.19. The van der Waals surface area contributed by atoms with Crippen LogP contribution in [0.2, 0.25) is 0 Å². The molecule has 0 aromatic carbocycles. The number of rotatable bonds is 2. The zero-order valence-electron chi connectivity index (χ0n) is 10.3. The van der Waals surface area contributed by atoms with Gasteiger partial charge in [-0.2, -0.15) is 0 Å². The molecule has 0 spiro atoms. The van der Waals surface area contributed by atoms with Gasteiger partial charge < -0.3 is 5.32 Å². The summed E-state index contributed by atoms with van der Waals surface area (Å²) < 4.78 is 1.23. The Morgan fingerprint density at radius 2 is 2.32 bits per heavy atom. The molecular weight excluding hydrogens is 274 g/mol. The van der Waals surface area contributed by atoms with Crippen molar-refractivity contribution in [3.05, 3.63) is 34.8 Å². The number of hydrogen-bond acceptors (Lipinski definition) is 5. The van der Waals surface area contributed by atoms with Gasteiger partial charge in [-0.3, -0.25) is 4.98 Å². The van der Waals surface area contributed by atoms with Crippen LogP contribution in [-0.4, -0.2) is 16.5 Å². The monoisotopic (exact) mass is 287 g/mol. The first-order valence-corrected chi connectivity index (χ1v) is 8.18. The Kier molecular flexibility index (Phi) is 2.83. The number of thiazole rings is 1. The van der Waals surface area contributed by atoms with Gasteiger partial charge in [0.2, 0.25) is 0 Å². The molecule has 0 radical (unpaired) electrons. The maximum atomic E-state index is 4.77. The van der Waals surface area contributed by atoms with Crippen LogP contribution in [-0.2, 0) is 0 Å². The number of thiophene rings is 1. The highest BCUT2D eigenvalue weighted by Crippen LogP contribution is 2.31. The minimum atomic E-state index is 0.448. The molecule has 19 heavy (non-hydrogen) atoms. The molecule has 1 saturated heterocycles. The van der Waals surface area contributed by atoms with E-state index in [2.05, 4.69) is 33.2 Å². The van der Waals surface area contributed by atoms with Gasteiger partial charge in [-0.1, -0.05) is 0 Å². The first-order valence-electron chi connectivity index (χ1n) is 6.42. The van der Waals surface area contributed by atoms with Crippen molar-refractivity contribution >= 4 is 32.9 Å². The molecule has 4 rings (SSSR count). The van der Waals surface area contributed by atoms with Crippen molar-refractivity contribution < 1.29 is 0 Å². The minimum Gasteiger partial charge on any atom is -0.309 e. The standard InChI is InChI=1S/C14H13N3S2/c1-2-10(15-4-1)12-8-19-14(17-12)9-6-13-11(16-7-9)3-5-18-13/h3,5-8,10,15H,1-2,4H2/t10-/m0/s1. The zero-order valence-corrected chi connectivity index (χ0v) is 11.9. The third-order valence-corrected chi connectivity index (χ3v) is 5.25. The molecule has 0 bridgehead atoms. The second-order valence-corrected chi connectivity index (χ2v) is 6.56. The normalized spacial score (nSPS) is 19.3. The molecule has 4 heterocycles. The van der Waals surface area contributed by atoms with Gasteiger partial charge in [0.25, 0.3) is 0 Å². The van der Waals surface area contributed by atoms with Gasteiger partial charge in [-0.05, 0) is 36.9 Å². The summed E-state index contributed by atoms with van der Waals surface area (Å²) in [7, 11) is 0. The van der Waals surface area contributed by atoms with Crippen LogP contribution in [0.1, 0.15) is 24.6 Å². The molecule has 96 valence electrons. The molecule has 3 aromatic heterocycles. The van der Waals surface area contributed by atoms with Gasteiger partial charge in [-0.15, -0.1) is 22.7 Å². The fraction of sp³-hybridized carbons (Fsp3) is 0.286. The summed E-state index contributed by atoms with van der Waals surface area (Å²) in [5.41, 5.74) is 3.39. The van der Waals surface area contributed by atoms with E-state index < -0.39 is 0 Å². The Balaban J connectivity index is 1.70. The number of hydrogen-bond donors (Lipinski definition) is 1. The highest BCUT2D eigenvalue weighted by molar-refractivity contribution is 7.17. The van der Waals surface area contributed by atoms with Gasteiger partial charge >= 0.3 is 0 Å². The first-order chi connectivity index (χ1) is 9.40. The number of fused-ring (bicyclic) bond motifs is 1. The van der Waals surface area contributed by atoms with Crippen molar-refractivity contribution in [3.63, 3.8) is 0 Å². The summed E-state index contributed by atoms with van der Waals surface area (Å²) in [6.45, 7) is 1.11. The molecule has 1 fully saturated rings. The van der Waals surface area contributed by atoms with Crippen LogP contribution in [0, 0.1) is 0 Å². The first kappa shape index (κ1) is 11.5. The molecule has 0 amide bonds. The average Bonchev–Trinajstić information content (AvgIpc) is 3.18. The quantitative estimate of drug-likeness (QED) is 0.778. The van der Waals surface area contributed by atoms with Gasteiger partial charge in [-0.25, -0.2) is 4.98 Å². The smallest absolute Gasteiger partial charge is 0.125 e. The second-order valence-electron chi connectivity index (χ2n) is 4.75. The van der Waals surface area contributed by atoms with E-state index in [0.717, 1.165) is 22.6 Å². The van der Waals surface area contributed by atoms with Crippen molar-refractivity contribution in [1.29, 1.82) is 0 Å². The van der Waals surface area contributed by atoms with Gasteiger partial charge in [0.05, 0.1) is 22.0 Å². The van der Waals surface area contributed by atoms with Crippen LogP contribution in [0.4, 0.5) is 0 Å². The van der Waals surface area contributed by atoms with Crippen LogP contribution in [0.5, 0.6) is 0 Å². The summed E-state index contributed by atoms with van der Waals surface area (Å²) in [5, 5.41) is 8.83.